The van der Waals surface area contributed by atoms with Crippen molar-refractivity contribution in [1.82, 2.24) is 10.2 Å². The minimum absolute atomic E-state index is 0.138. The van der Waals surface area contributed by atoms with Gasteiger partial charge in [-0.15, -0.1) is 0 Å². The van der Waals surface area contributed by atoms with Crippen LogP contribution >= 0.6 is 11.8 Å². The average molecular weight is 218 g/mol. The molecule has 0 aromatic carbocycles. The van der Waals surface area contributed by atoms with Crippen LogP contribution in [0.25, 0.3) is 0 Å². The maximum atomic E-state index is 11.8. The van der Waals surface area contributed by atoms with Gasteiger partial charge in [-0.1, -0.05) is 0 Å². The molecule has 1 heterocycles. The fourth-order valence-electron chi connectivity index (χ4n) is 1.33. The zero-order chi connectivity index (χ0) is 10.4. The van der Waals surface area contributed by atoms with E-state index in [9.17, 15) is 4.79 Å². The third-order valence-corrected chi connectivity index (χ3v) is 2.82. The maximum Gasteiger partial charge on any atom is 0.241 e. The third-order valence-electron chi connectivity index (χ3n) is 2.23. The lowest BCUT2D eigenvalue weighted by atomic mass is 10.2. The van der Waals surface area contributed by atoms with Gasteiger partial charge in [-0.25, -0.2) is 0 Å². The van der Waals surface area contributed by atoms with Crippen molar-refractivity contribution >= 4 is 17.7 Å². The number of nitrogens with zero attached hydrogens (tertiary/aromatic N) is 1. The molecule has 1 N–H and O–H groups in total. The molecule has 1 unspecified atom stereocenters. The van der Waals surface area contributed by atoms with E-state index in [4.69, 9.17) is 4.74 Å². The summed E-state index contributed by atoms with van der Waals surface area (Å²) in [5.74, 6) is 1.12. The van der Waals surface area contributed by atoms with E-state index in [0.29, 0.717) is 13.2 Å². The second-order valence-corrected chi connectivity index (χ2v) is 4.32. The molecule has 1 aliphatic rings. The van der Waals surface area contributed by atoms with Crippen LogP contribution in [-0.4, -0.2) is 62.2 Å². The number of amides is 1. The molecule has 0 aliphatic carbocycles. The lowest BCUT2D eigenvalue weighted by molar-refractivity contribution is -0.134. The average Bonchev–Trinajstić information content (AvgIpc) is 2.26. The van der Waals surface area contributed by atoms with Crippen molar-refractivity contribution in [3.63, 3.8) is 0 Å². The molecule has 1 rings (SSSR count). The van der Waals surface area contributed by atoms with Crippen LogP contribution in [0.4, 0.5) is 0 Å². The van der Waals surface area contributed by atoms with Gasteiger partial charge in [0.2, 0.25) is 5.91 Å². The molecule has 1 atom stereocenters. The highest BCUT2D eigenvalue weighted by Gasteiger charge is 2.23. The standard InChI is InChI=1S/C9H18N2O2S/c1-11(4-6-14-2)9(12)8-7-13-5-3-10-8/h8,10H,3-7H2,1-2H3. The summed E-state index contributed by atoms with van der Waals surface area (Å²) in [6.45, 7) is 2.78. The highest BCUT2D eigenvalue weighted by Crippen LogP contribution is 2.00. The summed E-state index contributed by atoms with van der Waals surface area (Å²) in [5.41, 5.74) is 0. The molecule has 4 nitrogen and oxygen atoms in total. The van der Waals surface area contributed by atoms with E-state index in [0.717, 1.165) is 18.8 Å². The summed E-state index contributed by atoms with van der Waals surface area (Å²) < 4.78 is 5.24. The van der Waals surface area contributed by atoms with Crippen molar-refractivity contribution in [3.05, 3.63) is 0 Å². The first kappa shape index (κ1) is 11.8. The first-order valence-corrected chi connectivity index (χ1v) is 6.20. The van der Waals surface area contributed by atoms with Crippen molar-refractivity contribution in [1.29, 1.82) is 0 Å². The molecule has 5 heteroatoms. The van der Waals surface area contributed by atoms with Crippen LogP contribution < -0.4 is 5.32 Å². The third kappa shape index (κ3) is 3.48. The highest BCUT2D eigenvalue weighted by molar-refractivity contribution is 7.98. The van der Waals surface area contributed by atoms with Gasteiger partial charge in [0.15, 0.2) is 0 Å². The fraction of sp³-hybridized carbons (Fsp3) is 0.889. The second kappa shape index (κ2) is 6.27. The van der Waals surface area contributed by atoms with E-state index in [1.807, 2.05) is 13.3 Å². The second-order valence-electron chi connectivity index (χ2n) is 3.33. The van der Waals surface area contributed by atoms with Crippen LogP contribution in [0.2, 0.25) is 0 Å². The molecule has 82 valence electrons. The predicted molar refractivity (Wildman–Crippen MR) is 58.6 cm³/mol. The van der Waals surface area contributed by atoms with Gasteiger partial charge in [0.1, 0.15) is 6.04 Å². The lowest BCUT2D eigenvalue weighted by Gasteiger charge is -2.27. The first-order valence-electron chi connectivity index (χ1n) is 4.80. The Morgan fingerprint density at radius 2 is 2.50 bits per heavy atom. The van der Waals surface area contributed by atoms with Gasteiger partial charge in [0, 0.05) is 25.9 Å². The topological polar surface area (TPSA) is 41.6 Å². The van der Waals surface area contributed by atoms with Gasteiger partial charge in [-0.2, -0.15) is 11.8 Å². The molecular weight excluding hydrogens is 200 g/mol. The number of thioether (sulfide) groups is 1. The van der Waals surface area contributed by atoms with Crippen LogP contribution in [0, 0.1) is 0 Å². The van der Waals surface area contributed by atoms with Crippen LogP contribution in [0.15, 0.2) is 0 Å². The normalized spacial score (nSPS) is 22.0. The molecule has 0 bridgehead atoms. The zero-order valence-corrected chi connectivity index (χ0v) is 9.60. The van der Waals surface area contributed by atoms with Gasteiger partial charge < -0.3 is 15.0 Å². The summed E-state index contributed by atoms with van der Waals surface area (Å²) in [7, 11) is 1.84. The Kier molecular flexibility index (Phi) is 5.29. The summed E-state index contributed by atoms with van der Waals surface area (Å²) in [6, 6.07) is -0.143. The van der Waals surface area contributed by atoms with Crippen molar-refractivity contribution in [2.75, 3.05) is 45.4 Å². The molecule has 1 fully saturated rings. The Morgan fingerprint density at radius 1 is 1.71 bits per heavy atom. The maximum absolute atomic E-state index is 11.8. The van der Waals surface area contributed by atoms with E-state index < -0.39 is 0 Å². The monoisotopic (exact) mass is 218 g/mol. The van der Waals surface area contributed by atoms with E-state index >= 15 is 0 Å². The Hall–Kier alpha value is -0.260. The molecule has 0 spiro atoms. The fourth-order valence-corrected chi connectivity index (χ4v) is 1.78. The number of hydrogen-bond acceptors (Lipinski definition) is 4. The van der Waals surface area contributed by atoms with Crippen molar-refractivity contribution in [2.24, 2.45) is 0 Å². The molecule has 0 aromatic heterocycles. The largest absolute Gasteiger partial charge is 0.378 e. The van der Waals surface area contributed by atoms with E-state index in [1.165, 1.54) is 0 Å². The molecular formula is C9H18N2O2S. The number of carbonyl (C=O) groups is 1. The highest BCUT2D eigenvalue weighted by atomic mass is 32.2. The summed E-state index contributed by atoms with van der Waals surface area (Å²) in [4.78, 5) is 13.5. The number of ether oxygens (including phenoxy) is 1. The lowest BCUT2D eigenvalue weighted by Crippen LogP contribution is -2.51. The van der Waals surface area contributed by atoms with Gasteiger partial charge in [0.05, 0.1) is 13.2 Å². The first-order chi connectivity index (χ1) is 6.75. The number of morpholine rings is 1. The minimum atomic E-state index is -0.143. The van der Waals surface area contributed by atoms with E-state index in [-0.39, 0.29) is 11.9 Å². The quantitative estimate of drug-likeness (QED) is 0.709. The van der Waals surface area contributed by atoms with E-state index in [2.05, 4.69) is 5.32 Å². The Morgan fingerprint density at radius 3 is 3.07 bits per heavy atom. The van der Waals surface area contributed by atoms with Crippen molar-refractivity contribution < 1.29 is 9.53 Å². The Bertz CT molecular complexity index is 184. The number of nitrogens with one attached hydrogen (secondary N) is 1. The van der Waals surface area contributed by atoms with Crippen LogP contribution in [0.5, 0.6) is 0 Å². The Labute approximate surface area is 89.4 Å². The van der Waals surface area contributed by atoms with Crippen molar-refractivity contribution in [2.45, 2.75) is 6.04 Å². The van der Waals surface area contributed by atoms with Crippen LogP contribution in [0.1, 0.15) is 0 Å². The summed E-state index contributed by atoms with van der Waals surface area (Å²) in [6.07, 6.45) is 2.04. The van der Waals surface area contributed by atoms with Crippen molar-refractivity contribution in [3.8, 4) is 0 Å². The summed E-state index contributed by atoms with van der Waals surface area (Å²) >= 11 is 1.75. The molecule has 1 saturated heterocycles. The molecule has 0 saturated carbocycles. The van der Waals surface area contributed by atoms with E-state index in [1.54, 1.807) is 16.7 Å². The number of hydrogen-bond donors (Lipinski definition) is 1. The number of rotatable bonds is 4. The zero-order valence-electron chi connectivity index (χ0n) is 8.78. The molecule has 0 aromatic rings. The predicted octanol–water partition coefficient (Wildman–Crippen LogP) is -0.204. The number of carbonyl (C=O) groups excluding carboxylic acids is 1. The molecule has 1 amide bonds. The molecule has 1 aliphatic heterocycles. The minimum Gasteiger partial charge on any atom is -0.378 e. The van der Waals surface area contributed by atoms with Gasteiger partial charge >= 0.3 is 0 Å². The van der Waals surface area contributed by atoms with Crippen LogP contribution in [0.3, 0.4) is 0 Å². The SMILES string of the molecule is CSCCN(C)C(=O)C1COCCN1. The van der Waals surface area contributed by atoms with Gasteiger partial charge in [-0.3, -0.25) is 4.79 Å². The molecule has 14 heavy (non-hydrogen) atoms. The summed E-state index contributed by atoms with van der Waals surface area (Å²) in [5, 5.41) is 3.15. The van der Waals surface area contributed by atoms with Gasteiger partial charge in [0.25, 0.3) is 0 Å². The molecule has 0 radical (unpaired) electrons. The number of likely N-dealkylation sites (N-methyl/N-ethyl adjacent to an activating group) is 1. The van der Waals surface area contributed by atoms with Crippen LogP contribution in [-0.2, 0) is 9.53 Å². The smallest absolute Gasteiger partial charge is 0.241 e. The van der Waals surface area contributed by atoms with Gasteiger partial charge in [-0.05, 0) is 6.26 Å². The Balaban J connectivity index is 2.30.